The molecule has 4 aromatic rings. The summed E-state index contributed by atoms with van der Waals surface area (Å²) < 4.78 is 5.78. The minimum absolute atomic E-state index is 0.0685. The van der Waals surface area contributed by atoms with Crippen LogP contribution in [0.5, 0.6) is 0 Å². The summed E-state index contributed by atoms with van der Waals surface area (Å²) in [5, 5.41) is 1.55. The van der Waals surface area contributed by atoms with Gasteiger partial charge in [0, 0.05) is 35.7 Å². The van der Waals surface area contributed by atoms with Gasteiger partial charge in [0.15, 0.2) is 6.10 Å². The summed E-state index contributed by atoms with van der Waals surface area (Å²) in [6, 6.07) is 25.8. The third kappa shape index (κ3) is 4.06. The van der Waals surface area contributed by atoms with Crippen molar-refractivity contribution in [2.75, 3.05) is 6.54 Å². The van der Waals surface area contributed by atoms with Gasteiger partial charge in [0.2, 0.25) is 0 Å². The number of benzene rings is 3. The molecule has 0 radical (unpaired) electrons. The second-order valence-electron chi connectivity index (χ2n) is 8.11. The summed E-state index contributed by atoms with van der Waals surface area (Å²) in [4.78, 5) is 44.3. The molecule has 0 saturated heterocycles. The number of pyridine rings is 1. The van der Waals surface area contributed by atoms with Crippen LogP contribution in [0.2, 0.25) is 0 Å². The van der Waals surface area contributed by atoms with Gasteiger partial charge in [0.25, 0.3) is 11.8 Å². The smallest absolute Gasteiger partial charge is 0.306 e. The molecule has 1 aromatic heterocycles. The molecule has 0 bridgehead atoms. The Kier molecular flexibility index (Phi) is 5.87. The van der Waals surface area contributed by atoms with E-state index in [1.54, 1.807) is 24.4 Å². The molecule has 0 aliphatic carbocycles. The van der Waals surface area contributed by atoms with E-state index in [2.05, 4.69) is 4.98 Å². The van der Waals surface area contributed by atoms with Crippen molar-refractivity contribution in [2.24, 2.45) is 0 Å². The number of nitrogens with zero attached hydrogens (tertiary/aromatic N) is 2. The minimum Gasteiger partial charge on any atom is -0.451 e. The highest BCUT2D eigenvalue weighted by Gasteiger charge is 2.32. The average Bonchev–Trinajstić information content (AvgIpc) is 2.88. The summed E-state index contributed by atoms with van der Waals surface area (Å²) in [6.45, 7) is 0.136. The molecule has 2 heterocycles. The molecular weight excluding hydrogens is 428 g/mol. The number of imide groups is 1. The highest BCUT2D eigenvalue weighted by molar-refractivity contribution is 6.25. The van der Waals surface area contributed by atoms with Gasteiger partial charge in [-0.15, -0.1) is 0 Å². The van der Waals surface area contributed by atoms with Gasteiger partial charge in [-0.05, 0) is 41.6 Å². The average molecular weight is 450 g/mol. The van der Waals surface area contributed by atoms with Crippen molar-refractivity contribution >= 4 is 28.6 Å². The molecule has 0 saturated carbocycles. The Balaban J connectivity index is 1.27. The van der Waals surface area contributed by atoms with Crippen LogP contribution in [-0.4, -0.2) is 34.2 Å². The fourth-order valence-electron chi connectivity index (χ4n) is 4.31. The summed E-state index contributed by atoms with van der Waals surface area (Å²) in [5.74, 6) is -1.09. The van der Waals surface area contributed by atoms with Gasteiger partial charge in [0.05, 0.1) is 5.69 Å². The number of esters is 1. The highest BCUT2D eigenvalue weighted by Crippen LogP contribution is 2.30. The van der Waals surface area contributed by atoms with Gasteiger partial charge in [-0.3, -0.25) is 24.3 Å². The molecular formula is C28H22N2O4. The van der Waals surface area contributed by atoms with Crippen LogP contribution in [0.1, 0.15) is 50.9 Å². The highest BCUT2D eigenvalue weighted by atomic mass is 16.5. The van der Waals surface area contributed by atoms with E-state index in [4.69, 9.17) is 4.74 Å². The standard InChI is InChI=1S/C28H22N2O4/c31-24(34-26(20-9-2-1-3-10-20)23-15-4-5-17-29-23)16-8-18-30-27(32)21-13-6-11-19-12-7-14-22(25(19)21)28(30)33/h1-7,9-15,17,26H,8,16,18H2. The molecule has 0 spiro atoms. The molecule has 2 amide bonds. The third-order valence-corrected chi connectivity index (χ3v) is 5.93. The molecule has 5 rings (SSSR count). The van der Waals surface area contributed by atoms with Crippen molar-refractivity contribution in [3.8, 4) is 0 Å². The largest absolute Gasteiger partial charge is 0.451 e. The quantitative estimate of drug-likeness (QED) is 0.294. The first-order valence-electron chi connectivity index (χ1n) is 11.2. The number of carbonyl (C=O) groups excluding carboxylic acids is 3. The van der Waals surface area contributed by atoms with E-state index in [1.807, 2.05) is 66.7 Å². The van der Waals surface area contributed by atoms with Crippen LogP contribution in [0, 0.1) is 0 Å². The van der Waals surface area contributed by atoms with E-state index in [1.165, 1.54) is 4.90 Å². The lowest BCUT2D eigenvalue weighted by atomic mass is 9.94. The summed E-state index contributed by atoms with van der Waals surface area (Å²) in [7, 11) is 0. The molecule has 3 aromatic carbocycles. The molecule has 168 valence electrons. The van der Waals surface area contributed by atoms with Gasteiger partial charge >= 0.3 is 5.97 Å². The zero-order valence-corrected chi connectivity index (χ0v) is 18.4. The van der Waals surface area contributed by atoms with Crippen LogP contribution in [0.3, 0.4) is 0 Å². The monoisotopic (exact) mass is 450 g/mol. The molecule has 6 heteroatoms. The molecule has 1 atom stereocenters. The second-order valence-corrected chi connectivity index (χ2v) is 8.11. The molecule has 0 fully saturated rings. The van der Waals surface area contributed by atoms with Crippen molar-refractivity contribution in [2.45, 2.75) is 18.9 Å². The van der Waals surface area contributed by atoms with E-state index in [0.29, 0.717) is 28.6 Å². The molecule has 0 N–H and O–H groups in total. The van der Waals surface area contributed by atoms with Crippen LogP contribution >= 0.6 is 0 Å². The predicted octanol–water partition coefficient (Wildman–Crippen LogP) is 4.94. The van der Waals surface area contributed by atoms with Crippen molar-refractivity contribution in [1.82, 2.24) is 9.88 Å². The van der Waals surface area contributed by atoms with E-state index in [0.717, 1.165) is 10.9 Å². The first-order valence-corrected chi connectivity index (χ1v) is 11.2. The molecule has 6 nitrogen and oxygen atoms in total. The Morgan fingerprint density at radius 3 is 2.15 bits per heavy atom. The fourth-order valence-corrected chi connectivity index (χ4v) is 4.31. The number of hydrogen-bond acceptors (Lipinski definition) is 5. The third-order valence-electron chi connectivity index (χ3n) is 5.93. The normalized spacial score (nSPS) is 13.7. The lowest BCUT2D eigenvalue weighted by molar-refractivity contribution is -0.147. The number of amides is 2. The summed E-state index contributed by atoms with van der Waals surface area (Å²) in [5.41, 5.74) is 2.47. The lowest BCUT2D eigenvalue weighted by Crippen LogP contribution is -2.41. The first kappa shape index (κ1) is 21.5. The zero-order valence-electron chi connectivity index (χ0n) is 18.4. The predicted molar refractivity (Wildman–Crippen MR) is 127 cm³/mol. The summed E-state index contributed by atoms with van der Waals surface area (Å²) >= 11 is 0. The van der Waals surface area contributed by atoms with Crippen LogP contribution in [0.4, 0.5) is 0 Å². The van der Waals surface area contributed by atoms with E-state index in [9.17, 15) is 14.4 Å². The molecule has 1 unspecified atom stereocenters. The Morgan fingerprint density at radius 2 is 1.50 bits per heavy atom. The zero-order chi connectivity index (χ0) is 23.5. The number of carbonyl (C=O) groups is 3. The number of rotatable bonds is 7. The number of ether oxygens (including phenoxy) is 1. The van der Waals surface area contributed by atoms with Crippen molar-refractivity contribution < 1.29 is 19.1 Å². The number of hydrogen-bond donors (Lipinski definition) is 0. The van der Waals surface area contributed by atoms with Crippen LogP contribution in [-0.2, 0) is 9.53 Å². The van der Waals surface area contributed by atoms with E-state index in [-0.39, 0.29) is 24.8 Å². The Labute approximate surface area is 196 Å². The van der Waals surface area contributed by atoms with Crippen LogP contribution in [0.25, 0.3) is 10.8 Å². The van der Waals surface area contributed by atoms with Gasteiger partial charge in [-0.25, -0.2) is 0 Å². The maximum Gasteiger partial charge on any atom is 0.306 e. The van der Waals surface area contributed by atoms with Gasteiger partial charge in [-0.1, -0.05) is 60.7 Å². The first-order chi connectivity index (χ1) is 16.6. The maximum atomic E-state index is 13.0. The van der Waals surface area contributed by atoms with Crippen molar-refractivity contribution in [3.05, 3.63) is 114 Å². The maximum absolute atomic E-state index is 13.0. The Hall–Kier alpha value is -4.32. The Bertz CT molecular complexity index is 1280. The fraction of sp³-hybridized carbons (Fsp3) is 0.143. The second kappa shape index (κ2) is 9.27. The lowest BCUT2D eigenvalue weighted by Gasteiger charge is -2.27. The molecule has 1 aliphatic rings. The van der Waals surface area contributed by atoms with E-state index < -0.39 is 12.1 Å². The summed E-state index contributed by atoms with van der Waals surface area (Å²) in [6.07, 6.45) is 1.40. The van der Waals surface area contributed by atoms with Crippen LogP contribution in [0.15, 0.2) is 91.1 Å². The number of aromatic nitrogens is 1. The van der Waals surface area contributed by atoms with Gasteiger partial charge < -0.3 is 4.74 Å². The SMILES string of the molecule is O=C(CCCN1C(=O)c2cccc3cccc(c23)C1=O)OC(c1ccccc1)c1ccccn1. The van der Waals surface area contributed by atoms with Gasteiger partial charge in [-0.2, -0.15) is 0 Å². The Morgan fingerprint density at radius 1 is 0.824 bits per heavy atom. The topological polar surface area (TPSA) is 76.6 Å². The minimum atomic E-state index is -0.627. The molecule has 1 aliphatic heterocycles. The van der Waals surface area contributed by atoms with Gasteiger partial charge in [0.1, 0.15) is 0 Å². The van der Waals surface area contributed by atoms with Crippen molar-refractivity contribution in [3.63, 3.8) is 0 Å². The van der Waals surface area contributed by atoms with Crippen molar-refractivity contribution in [1.29, 1.82) is 0 Å². The van der Waals surface area contributed by atoms with Crippen LogP contribution < -0.4 is 0 Å². The van der Waals surface area contributed by atoms with E-state index >= 15 is 0 Å². The molecule has 34 heavy (non-hydrogen) atoms.